The molecule has 1 atom stereocenters. The Bertz CT molecular complexity index is 1140. The van der Waals surface area contributed by atoms with Crippen LogP contribution in [0.5, 0.6) is 11.5 Å². The third-order valence-electron chi connectivity index (χ3n) is 6.11. The lowest BCUT2D eigenvalue weighted by atomic mass is 9.75. The Labute approximate surface area is 198 Å². The highest BCUT2D eigenvalue weighted by atomic mass is 16.5. The molecule has 0 saturated carbocycles. The van der Waals surface area contributed by atoms with Crippen LogP contribution in [-0.2, 0) is 16.8 Å². The van der Waals surface area contributed by atoms with E-state index in [4.69, 9.17) is 9.47 Å². The van der Waals surface area contributed by atoms with E-state index >= 15 is 0 Å². The van der Waals surface area contributed by atoms with Crippen molar-refractivity contribution in [1.29, 1.82) is 0 Å². The first-order valence-electron chi connectivity index (χ1n) is 11.2. The topological polar surface area (TPSA) is 93.7 Å². The molecule has 1 aliphatic rings. The van der Waals surface area contributed by atoms with E-state index in [-0.39, 0.29) is 25.0 Å². The average Bonchev–Trinajstić information content (AvgIpc) is 2.92. The van der Waals surface area contributed by atoms with Crippen LogP contribution in [0.1, 0.15) is 34.6 Å². The van der Waals surface area contributed by atoms with Crippen molar-refractivity contribution in [2.45, 2.75) is 24.9 Å². The Morgan fingerprint density at radius 3 is 2.53 bits per heavy atom. The molecule has 8 heteroatoms. The molecule has 176 valence electrons. The smallest absolute Gasteiger partial charge is 0.254 e. The van der Waals surface area contributed by atoms with E-state index in [1.165, 1.54) is 7.11 Å². The fourth-order valence-electron chi connectivity index (χ4n) is 4.36. The van der Waals surface area contributed by atoms with E-state index in [0.717, 1.165) is 5.69 Å². The summed E-state index contributed by atoms with van der Waals surface area (Å²) in [5.41, 5.74) is 1.04. The molecule has 0 bridgehead atoms. The van der Waals surface area contributed by atoms with E-state index in [9.17, 15) is 9.59 Å². The van der Waals surface area contributed by atoms with Gasteiger partial charge in [0, 0.05) is 38.1 Å². The number of piperidine rings is 1. The quantitative estimate of drug-likeness (QED) is 0.583. The van der Waals surface area contributed by atoms with Crippen LogP contribution in [0.25, 0.3) is 0 Å². The Hall–Kier alpha value is -3.94. The first-order chi connectivity index (χ1) is 16.6. The molecule has 0 radical (unpaired) electrons. The van der Waals surface area contributed by atoms with Crippen LogP contribution in [0.2, 0.25) is 0 Å². The molecule has 0 unspecified atom stereocenters. The van der Waals surface area contributed by atoms with Gasteiger partial charge in [-0.3, -0.25) is 19.6 Å². The zero-order valence-corrected chi connectivity index (χ0v) is 19.4. The summed E-state index contributed by atoms with van der Waals surface area (Å²) in [5, 5.41) is 2.77. The van der Waals surface area contributed by atoms with E-state index in [2.05, 4.69) is 15.3 Å². The third kappa shape index (κ3) is 4.71. The SMILES string of the molecule is CNC(=O)[C@]1(c2ccccn2)CCCN(C(=O)c2ccc(OCc3ccccn3)c(OC)c2)C1. The van der Waals surface area contributed by atoms with E-state index in [0.29, 0.717) is 42.1 Å². The fourth-order valence-corrected chi connectivity index (χ4v) is 4.36. The Kier molecular flexibility index (Phi) is 7.06. The number of rotatable bonds is 7. The van der Waals surface area contributed by atoms with Gasteiger partial charge in [0.15, 0.2) is 11.5 Å². The molecule has 1 aromatic carbocycles. The Morgan fingerprint density at radius 1 is 1.06 bits per heavy atom. The number of pyridine rings is 2. The van der Waals surface area contributed by atoms with Crippen LogP contribution in [0.3, 0.4) is 0 Å². The molecule has 2 aromatic heterocycles. The molecule has 0 spiro atoms. The summed E-state index contributed by atoms with van der Waals surface area (Å²) in [4.78, 5) is 36.9. The number of benzene rings is 1. The fraction of sp³-hybridized carbons (Fsp3) is 0.308. The number of nitrogens with zero attached hydrogens (tertiary/aromatic N) is 3. The van der Waals surface area contributed by atoms with Crippen molar-refractivity contribution in [3.63, 3.8) is 0 Å². The summed E-state index contributed by atoms with van der Waals surface area (Å²) in [7, 11) is 3.15. The molecular weight excluding hydrogens is 432 g/mol. The largest absolute Gasteiger partial charge is 0.493 e. The van der Waals surface area contributed by atoms with Crippen LogP contribution in [0, 0.1) is 0 Å². The molecule has 1 saturated heterocycles. The van der Waals surface area contributed by atoms with E-state index < -0.39 is 5.41 Å². The van der Waals surface area contributed by atoms with Crippen molar-refractivity contribution in [3.8, 4) is 11.5 Å². The van der Waals surface area contributed by atoms with Crippen molar-refractivity contribution in [2.24, 2.45) is 0 Å². The van der Waals surface area contributed by atoms with Crippen molar-refractivity contribution in [1.82, 2.24) is 20.2 Å². The highest BCUT2D eigenvalue weighted by molar-refractivity contribution is 5.96. The standard InChI is InChI=1S/C26H28N4O4/c1-27-25(32)26(23-9-4-6-14-29-23)12-7-15-30(18-26)24(31)19-10-11-21(22(16-19)33-2)34-17-20-8-3-5-13-28-20/h3-6,8-11,13-14,16H,7,12,15,17-18H2,1-2H3,(H,27,32)/t26-/m1/s1. The number of amides is 2. The zero-order valence-electron chi connectivity index (χ0n) is 19.4. The number of carbonyl (C=O) groups excluding carboxylic acids is 2. The Morgan fingerprint density at radius 2 is 1.85 bits per heavy atom. The highest BCUT2D eigenvalue weighted by Gasteiger charge is 2.45. The molecule has 8 nitrogen and oxygen atoms in total. The number of nitrogens with one attached hydrogen (secondary N) is 1. The normalized spacial score (nSPS) is 17.6. The lowest BCUT2D eigenvalue weighted by Crippen LogP contribution is -2.56. The minimum atomic E-state index is -0.889. The van der Waals surface area contributed by atoms with Crippen molar-refractivity contribution in [2.75, 3.05) is 27.2 Å². The molecule has 2 amide bonds. The molecule has 1 fully saturated rings. The maximum atomic E-state index is 13.5. The van der Waals surface area contributed by atoms with Crippen LogP contribution < -0.4 is 14.8 Å². The maximum Gasteiger partial charge on any atom is 0.254 e. The van der Waals surface area contributed by atoms with Gasteiger partial charge >= 0.3 is 0 Å². The summed E-state index contributed by atoms with van der Waals surface area (Å²) < 4.78 is 11.3. The number of likely N-dealkylation sites (N-methyl/N-ethyl adjacent to an activating group) is 1. The summed E-state index contributed by atoms with van der Waals surface area (Å²) >= 11 is 0. The van der Waals surface area contributed by atoms with Gasteiger partial charge in [-0.15, -0.1) is 0 Å². The van der Waals surface area contributed by atoms with E-state index in [1.54, 1.807) is 42.5 Å². The summed E-state index contributed by atoms with van der Waals surface area (Å²) in [6, 6.07) is 16.3. The lowest BCUT2D eigenvalue weighted by molar-refractivity contribution is -0.128. The first kappa shape index (κ1) is 23.2. The van der Waals surface area contributed by atoms with Gasteiger partial charge in [0.05, 0.1) is 18.5 Å². The molecule has 1 aliphatic heterocycles. The predicted molar refractivity (Wildman–Crippen MR) is 127 cm³/mol. The number of hydrogen-bond donors (Lipinski definition) is 1. The minimum Gasteiger partial charge on any atom is -0.493 e. The second-order valence-corrected chi connectivity index (χ2v) is 8.18. The molecular formula is C26H28N4O4. The second-order valence-electron chi connectivity index (χ2n) is 8.18. The Balaban J connectivity index is 1.55. The van der Waals surface area contributed by atoms with Gasteiger partial charge in [-0.2, -0.15) is 0 Å². The average molecular weight is 461 g/mol. The molecule has 3 aromatic rings. The molecule has 1 N–H and O–H groups in total. The molecule has 3 heterocycles. The second kappa shape index (κ2) is 10.3. The monoisotopic (exact) mass is 460 g/mol. The van der Waals surface area contributed by atoms with Gasteiger partial charge in [-0.05, 0) is 55.3 Å². The van der Waals surface area contributed by atoms with Gasteiger partial charge in [0.2, 0.25) is 5.91 Å². The number of aromatic nitrogens is 2. The highest BCUT2D eigenvalue weighted by Crippen LogP contribution is 2.35. The zero-order chi connectivity index (χ0) is 24.0. The van der Waals surface area contributed by atoms with Crippen molar-refractivity contribution >= 4 is 11.8 Å². The predicted octanol–water partition coefficient (Wildman–Crippen LogP) is 2.98. The molecule has 0 aliphatic carbocycles. The summed E-state index contributed by atoms with van der Waals surface area (Å²) in [6.45, 7) is 1.10. The molecule has 4 rings (SSSR count). The van der Waals surface area contributed by atoms with E-state index in [1.807, 2.05) is 36.4 Å². The van der Waals surface area contributed by atoms with Crippen molar-refractivity contribution in [3.05, 3.63) is 83.9 Å². The first-order valence-corrected chi connectivity index (χ1v) is 11.2. The van der Waals surface area contributed by atoms with Crippen LogP contribution >= 0.6 is 0 Å². The van der Waals surface area contributed by atoms with Gasteiger partial charge < -0.3 is 19.7 Å². The van der Waals surface area contributed by atoms with Gasteiger partial charge in [0.1, 0.15) is 12.0 Å². The number of methoxy groups -OCH3 is 1. The van der Waals surface area contributed by atoms with Crippen LogP contribution in [0.4, 0.5) is 0 Å². The lowest BCUT2D eigenvalue weighted by Gasteiger charge is -2.41. The van der Waals surface area contributed by atoms with Gasteiger partial charge in [0.25, 0.3) is 5.91 Å². The molecule has 34 heavy (non-hydrogen) atoms. The number of likely N-dealkylation sites (tertiary alicyclic amines) is 1. The number of ether oxygens (including phenoxy) is 2. The van der Waals surface area contributed by atoms with Crippen LogP contribution in [0.15, 0.2) is 67.0 Å². The number of carbonyl (C=O) groups is 2. The van der Waals surface area contributed by atoms with Crippen molar-refractivity contribution < 1.29 is 19.1 Å². The summed E-state index contributed by atoms with van der Waals surface area (Å²) in [6.07, 6.45) is 4.70. The van der Waals surface area contributed by atoms with Gasteiger partial charge in [-0.1, -0.05) is 12.1 Å². The minimum absolute atomic E-state index is 0.139. The number of hydrogen-bond acceptors (Lipinski definition) is 6. The van der Waals surface area contributed by atoms with Gasteiger partial charge in [-0.25, -0.2) is 0 Å². The third-order valence-corrected chi connectivity index (χ3v) is 6.11. The summed E-state index contributed by atoms with van der Waals surface area (Å²) in [5.74, 6) is 0.677. The maximum absolute atomic E-state index is 13.5. The van der Waals surface area contributed by atoms with Crippen LogP contribution in [-0.4, -0.2) is 53.9 Å².